The lowest BCUT2D eigenvalue weighted by Gasteiger charge is -2.30. The van der Waals surface area contributed by atoms with Crippen molar-refractivity contribution in [1.82, 2.24) is 10.6 Å². The third-order valence-electron chi connectivity index (χ3n) is 6.52. The molecule has 0 aromatic heterocycles. The van der Waals surface area contributed by atoms with E-state index in [4.69, 9.17) is 25.8 Å². The summed E-state index contributed by atoms with van der Waals surface area (Å²) in [5, 5.41) is 6.78. The predicted molar refractivity (Wildman–Crippen MR) is 164 cm³/mol. The van der Waals surface area contributed by atoms with E-state index in [2.05, 4.69) is 10.6 Å². The number of aldehydes is 1. The number of hydrogen-bond donors (Lipinski definition) is 2. The number of hydrogen-bond acceptors (Lipinski definition) is 7. The van der Waals surface area contributed by atoms with E-state index in [0.717, 1.165) is 11.9 Å². The van der Waals surface area contributed by atoms with Gasteiger partial charge in [-0.15, -0.1) is 0 Å². The number of methoxy groups -OCH3 is 2. The van der Waals surface area contributed by atoms with Gasteiger partial charge in [-0.25, -0.2) is 4.79 Å². The van der Waals surface area contributed by atoms with Gasteiger partial charge in [0.2, 0.25) is 5.91 Å². The van der Waals surface area contributed by atoms with Crippen molar-refractivity contribution >= 4 is 29.8 Å². The zero-order valence-electron chi connectivity index (χ0n) is 25.7. The Bertz CT molecular complexity index is 1060. The van der Waals surface area contributed by atoms with Gasteiger partial charge in [-0.2, -0.15) is 0 Å². The molecule has 1 rings (SSSR count). The van der Waals surface area contributed by atoms with E-state index in [-0.39, 0.29) is 36.3 Å². The van der Waals surface area contributed by atoms with Crippen LogP contribution >= 0.6 is 11.6 Å². The summed E-state index contributed by atoms with van der Waals surface area (Å²) >= 11 is 5.89. The first-order chi connectivity index (χ1) is 19.3. The SMILES string of the molecule is COC1=CC[C@@H]([C@@H](C)/C=C(C)/C=C\C=C(\C=O)CN[C@H](C(=O)N/C=C\C[C@H](C/C=C(\C)Cl)OC)C(C)(C)C)OC1=O. The maximum Gasteiger partial charge on any atom is 0.373 e. The summed E-state index contributed by atoms with van der Waals surface area (Å²) in [6, 6.07) is -0.534. The number of rotatable bonds is 16. The average Bonchev–Trinajstić information content (AvgIpc) is 2.90. The van der Waals surface area contributed by atoms with Crippen molar-refractivity contribution < 1.29 is 28.6 Å². The number of ether oxygens (including phenoxy) is 3. The van der Waals surface area contributed by atoms with Gasteiger partial charge in [0.1, 0.15) is 12.4 Å². The Morgan fingerprint density at radius 3 is 2.51 bits per heavy atom. The van der Waals surface area contributed by atoms with Gasteiger partial charge in [0, 0.05) is 36.6 Å². The molecular formula is C32H47ClN2O6. The van der Waals surface area contributed by atoms with Crippen molar-refractivity contribution in [2.24, 2.45) is 11.3 Å². The Hall–Kier alpha value is -2.94. The fourth-order valence-corrected chi connectivity index (χ4v) is 4.21. The van der Waals surface area contributed by atoms with E-state index < -0.39 is 17.4 Å². The molecule has 0 aliphatic carbocycles. The molecule has 0 aromatic carbocycles. The normalized spacial score (nSPS) is 19.5. The van der Waals surface area contributed by atoms with Crippen molar-refractivity contribution in [1.29, 1.82) is 0 Å². The molecule has 8 nitrogen and oxygen atoms in total. The second kappa shape index (κ2) is 18.5. The van der Waals surface area contributed by atoms with Crippen molar-refractivity contribution in [2.75, 3.05) is 20.8 Å². The molecule has 0 saturated heterocycles. The maximum atomic E-state index is 13.0. The molecule has 228 valence electrons. The zero-order valence-corrected chi connectivity index (χ0v) is 26.4. The number of nitrogens with one attached hydrogen (secondary N) is 2. The van der Waals surface area contributed by atoms with Crippen LogP contribution in [0.25, 0.3) is 0 Å². The van der Waals surface area contributed by atoms with Gasteiger partial charge in [0.15, 0.2) is 5.76 Å². The second-order valence-corrected chi connectivity index (χ2v) is 11.7. The lowest BCUT2D eigenvalue weighted by Crippen LogP contribution is -2.51. The van der Waals surface area contributed by atoms with Gasteiger partial charge in [0.25, 0.3) is 0 Å². The molecule has 0 spiro atoms. The summed E-state index contributed by atoms with van der Waals surface area (Å²) < 4.78 is 15.9. The Labute approximate surface area is 250 Å². The molecule has 9 heteroatoms. The number of carbonyl (C=O) groups is 3. The second-order valence-electron chi connectivity index (χ2n) is 11.2. The fourth-order valence-electron chi connectivity index (χ4n) is 4.12. The van der Waals surface area contributed by atoms with E-state index in [1.807, 2.05) is 65.8 Å². The minimum atomic E-state index is -0.534. The number of esters is 1. The van der Waals surface area contributed by atoms with Crippen LogP contribution in [-0.4, -0.2) is 57.2 Å². The highest BCUT2D eigenvalue weighted by Gasteiger charge is 2.30. The first-order valence-corrected chi connectivity index (χ1v) is 14.2. The van der Waals surface area contributed by atoms with E-state index in [1.54, 1.807) is 31.5 Å². The molecule has 4 atom stereocenters. The predicted octanol–water partition coefficient (Wildman–Crippen LogP) is 5.67. The summed E-state index contributed by atoms with van der Waals surface area (Å²) in [7, 11) is 3.09. The van der Waals surface area contributed by atoms with Crippen LogP contribution in [0.15, 0.2) is 70.7 Å². The van der Waals surface area contributed by atoms with E-state index in [0.29, 0.717) is 29.9 Å². The maximum absolute atomic E-state index is 13.0. The lowest BCUT2D eigenvalue weighted by molar-refractivity contribution is -0.151. The zero-order chi connectivity index (χ0) is 31.0. The highest BCUT2D eigenvalue weighted by molar-refractivity contribution is 6.29. The third kappa shape index (κ3) is 14.0. The first kappa shape index (κ1) is 36.1. The van der Waals surface area contributed by atoms with Crippen molar-refractivity contribution in [3.05, 3.63) is 70.7 Å². The molecule has 0 radical (unpaired) electrons. The third-order valence-corrected chi connectivity index (χ3v) is 6.68. The lowest BCUT2D eigenvalue weighted by atomic mass is 9.86. The summed E-state index contributed by atoms with van der Waals surface area (Å²) in [6.45, 7) is 11.9. The molecule has 0 fully saturated rings. The van der Waals surface area contributed by atoms with Crippen LogP contribution < -0.4 is 10.6 Å². The molecule has 0 aromatic rings. The van der Waals surface area contributed by atoms with Gasteiger partial charge in [0.05, 0.1) is 19.3 Å². The van der Waals surface area contributed by atoms with Gasteiger partial charge in [-0.1, -0.05) is 81.3 Å². The Morgan fingerprint density at radius 1 is 1.24 bits per heavy atom. The van der Waals surface area contributed by atoms with Crippen LogP contribution in [0.3, 0.4) is 0 Å². The van der Waals surface area contributed by atoms with E-state index >= 15 is 0 Å². The highest BCUT2D eigenvalue weighted by Crippen LogP contribution is 2.23. The smallest absolute Gasteiger partial charge is 0.373 e. The molecule has 1 amide bonds. The van der Waals surface area contributed by atoms with Crippen molar-refractivity contribution in [3.8, 4) is 0 Å². The summed E-state index contributed by atoms with van der Waals surface area (Å²) in [4.78, 5) is 36.6. The minimum Gasteiger partial charge on any atom is -0.490 e. The molecule has 1 heterocycles. The van der Waals surface area contributed by atoms with E-state index in [1.165, 1.54) is 7.11 Å². The van der Waals surface area contributed by atoms with Gasteiger partial charge in [-0.3, -0.25) is 9.59 Å². The van der Waals surface area contributed by atoms with Crippen LogP contribution in [0.2, 0.25) is 0 Å². The fraction of sp³-hybridized carbons (Fsp3) is 0.531. The standard InChI is InChI=1S/C32H47ClN2O6/c1-22(19-23(2)27-16-17-28(40-8)31(38)41-27)11-9-12-25(21-36)20-35-29(32(4,5)6)30(37)34-18-10-13-26(39-7)15-14-24(3)33/h9-12,14,17-19,21,23,26-27,29,35H,13,15-16,20H2,1-8H3,(H,34,37)/b11-9-,18-10-,22-19+,24-14+,25-12+/t23-,26+,27-,29+/m0/s1. The molecule has 0 saturated carbocycles. The summed E-state index contributed by atoms with van der Waals surface area (Å²) in [5.74, 6) is -0.406. The van der Waals surface area contributed by atoms with Gasteiger partial charge in [-0.05, 0) is 44.4 Å². The van der Waals surface area contributed by atoms with Crippen LogP contribution in [0.5, 0.6) is 0 Å². The summed E-state index contributed by atoms with van der Waals surface area (Å²) in [5.41, 5.74) is 1.08. The van der Waals surface area contributed by atoms with Crippen LogP contribution in [0.1, 0.15) is 60.8 Å². The van der Waals surface area contributed by atoms with Crippen molar-refractivity contribution in [2.45, 2.75) is 79.1 Å². The number of allylic oxidation sites excluding steroid dienone is 5. The molecule has 1 aliphatic heterocycles. The molecule has 2 N–H and O–H groups in total. The van der Waals surface area contributed by atoms with Crippen LogP contribution in [0.4, 0.5) is 0 Å². The van der Waals surface area contributed by atoms with Gasteiger partial charge >= 0.3 is 5.97 Å². The quantitative estimate of drug-likeness (QED) is 0.103. The topological polar surface area (TPSA) is 103 Å². The monoisotopic (exact) mass is 590 g/mol. The molecular weight excluding hydrogens is 544 g/mol. The average molecular weight is 591 g/mol. The Morgan fingerprint density at radius 2 is 1.95 bits per heavy atom. The van der Waals surface area contributed by atoms with E-state index in [9.17, 15) is 14.4 Å². The number of amides is 1. The Balaban J connectivity index is 2.74. The molecule has 0 unspecified atom stereocenters. The number of cyclic esters (lactones) is 1. The summed E-state index contributed by atoms with van der Waals surface area (Å²) in [6.07, 6.45) is 16.9. The molecule has 41 heavy (non-hydrogen) atoms. The van der Waals surface area contributed by atoms with Crippen molar-refractivity contribution in [3.63, 3.8) is 0 Å². The molecule has 1 aliphatic rings. The van der Waals surface area contributed by atoms with Crippen LogP contribution in [0, 0.1) is 11.3 Å². The first-order valence-electron chi connectivity index (χ1n) is 13.8. The van der Waals surface area contributed by atoms with Crippen LogP contribution in [-0.2, 0) is 28.6 Å². The number of halogens is 1. The highest BCUT2D eigenvalue weighted by atomic mass is 35.5. The largest absolute Gasteiger partial charge is 0.490 e. The van der Waals surface area contributed by atoms with Gasteiger partial charge < -0.3 is 24.8 Å². The molecule has 0 bridgehead atoms. The Kier molecular flexibility index (Phi) is 16.3. The number of carbonyl (C=O) groups excluding carboxylic acids is 3. The minimum absolute atomic E-state index is 0.00149.